The van der Waals surface area contributed by atoms with Gasteiger partial charge in [0.25, 0.3) is 0 Å². The molecule has 2 N–H and O–H groups in total. The first-order valence-electron chi connectivity index (χ1n) is 5.53. The average molecular weight is 275 g/mol. The predicted molar refractivity (Wildman–Crippen MR) is 68.5 cm³/mol. The predicted octanol–water partition coefficient (Wildman–Crippen LogP) is 2.10. The molecule has 1 aromatic carbocycles. The largest absolute Gasteiger partial charge is 0.398 e. The van der Waals surface area contributed by atoms with Crippen molar-refractivity contribution in [3.8, 4) is 0 Å². The van der Waals surface area contributed by atoms with Crippen molar-refractivity contribution in [2.24, 2.45) is 0 Å². The first kappa shape index (κ1) is 12.7. The second-order valence-electron chi connectivity index (χ2n) is 4.12. The zero-order valence-corrected chi connectivity index (χ0v) is 11.1. The molecule has 0 radical (unpaired) electrons. The number of rotatable bonds is 4. The third-order valence-electron chi connectivity index (χ3n) is 2.83. The molecule has 6 heteroatoms. The number of benzene rings is 1. The molecule has 0 bridgehead atoms. The van der Waals surface area contributed by atoms with Crippen molar-refractivity contribution in [3.63, 3.8) is 0 Å². The van der Waals surface area contributed by atoms with Crippen molar-refractivity contribution in [1.29, 1.82) is 0 Å². The van der Waals surface area contributed by atoms with E-state index in [0.29, 0.717) is 11.6 Å². The van der Waals surface area contributed by atoms with Gasteiger partial charge in [0, 0.05) is 17.6 Å². The molecular formula is C11H15ClN2O2S. The van der Waals surface area contributed by atoms with Crippen molar-refractivity contribution in [3.05, 3.63) is 23.2 Å². The molecule has 0 heterocycles. The molecule has 0 spiro atoms. The lowest BCUT2D eigenvalue weighted by atomic mass is 10.3. The van der Waals surface area contributed by atoms with E-state index in [1.54, 1.807) is 6.07 Å². The Morgan fingerprint density at radius 3 is 2.65 bits per heavy atom. The summed E-state index contributed by atoms with van der Waals surface area (Å²) in [6.07, 6.45) is 1.85. The van der Waals surface area contributed by atoms with Crippen LogP contribution in [0.15, 0.2) is 23.1 Å². The molecule has 0 aliphatic heterocycles. The van der Waals surface area contributed by atoms with Gasteiger partial charge < -0.3 is 5.73 Å². The quantitative estimate of drug-likeness (QED) is 0.855. The van der Waals surface area contributed by atoms with Gasteiger partial charge in [-0.15, -0.1) is 0 Å². The number of sulfonamides is 1. The van der Waals surface area contributed by atoms with Crippen LogP contribution in [0.1, 0.15) is 19.8 Å². The Kier molecular flexibility index (Phi) is 3.34. The standard InChI is InChI=1S/C11H15ClN2O2S/c1-2-14(9-4-5-9)17(15,16)11-7-8(12)3-6-10(11)13/h3,6-7,9H,2,4-5,13H2,1H3. The second kappa shape index (κ2) is 4.48. The maximum Gasteiger partial charge on any atom is 0.245 e. The highest BCUT2D eigenvalue weighted by Crippen LogP contribution is 2.34. The van der Waals surface area contributed by atoms with E-state index in [-0.39, 0.29) is 16.6 Å². The van der Waals surface area contributed by atoms with E-state index in [1.807, 2.05) is 6.92 Å². The van der Waals surface area contributed by atoms with Gasteiger partial charge in [0.2, 0.25) is 10.0 Å². The third kappa shape index (κ3) is 2.41. The van der Waals surface area contributed by atoms with Crippen LogP contribution in [-0.2, 0) is 10.0 Å². The Morgan fingerprint density at radius 2 is 2.12 bits per heavy atom. The van der Waals surface area contributed by atoms with Crippen LogP contribution in [0.4, 0.5) is 5.69 Å². The van der Waals surface area contributed by atoms with Gasteiger partial charge in [-0.1, -0.05) is 18.5 Å². The SMILES string of the molecule is CCN(C1CC1)S(=O)(=O)c1cc(Cl)ccc1N. The molecule has 1 saturated carbocycles. The number of hydrogen-bond donors (Lipinski definition) is 1. The third-order valence-corrected chi connectivity index (χ3v) is 5.15. The number of nitrogen functional groups attached to an aromatic ring is 1. The van der Waals surface area contributed by atoms with Crippen LogP contribution in [0.3, 0.4) is 0 Å². The minimum atomic E-state index is -3.52. The normalized spacial score (nSPS) is 16.4. The number of anilines is 1. The van der Waals surface area contributed by atoms with E-state index in [0.717, 1.165) is 12.8 Å². The summed E-state index contributed by atoms with van der Waals surface area (Å²) in [6.45, 7) is 2.29. The van der Waals surface area contributed by atoms with Crippen LogP contribution in [0.25, 0.3) is 0 Å². The second-order valence-corrected chi connectivity index (χ2v) is 6.42. The molecule has 0 aromatic heterocycles. The molecule has 1 aliphatic rings. The van der Waals surface area contributed by atoms with Gasteiger partial charge in [0.1, 0.15) is 4.90 Å². The van der Waals surface area contributed by atoms with Gasteiger partial charge in [-0.3, -0.25) is 0 Å². The van der Waals surface area contributed by atoms with E-state index in [2.05, 4.69) is 0 Å². The van der Waals surface area contributed by atoms with Crippen LogP contribution < -0.4 is 5.73 Å². The van der Waals surface area contributed by atoms with Gasteiger partial charge in [-0.25, -0.2) is 8.42 Å². The zero-order chi connectivity index (χ0) is 12.6. The summed E-state index contributed by atoms with van der Waals surface area (Å²) in [5, 5.41) is 0.379. The van der Waals surface area contributed by atoms with Crippen LogP contribution in [0.2, 0.25) is 5.02 Å². The van der Waals surface area contributed by atoms with E-state index in [1.165, 1.54) is 16.4 Å². The lowest BCUT2D eigenvalue weighted by Crippen LogP contribution is -2.33. The minimum absolute atomic E-state index is 0.110. The van der Waals surface area contributed by atoms with E-state index in [9.17, 15) is 8.42 Å². The first-order valence-corrected chi connectivity index (χ1v) is 7.35. The van der Waals surface area contributed by atoms with Crippen LogP contribution >= 0.6 is 11.6 Å². The summed E-state index contributed by atoms with van der Waals surface area (Å²) in [5.41, 5.74) is 5.97. The average Bonchev–Trinajstić information content (AvgIpc) is 3.06. The van der Waals surface area contributed by atoms with E-state index in [4.69, 9.17) is 17.3 Å². The molecule has 0 saturated heterocycles. The van der Waals surface area contributed by atoms with Gasteiger partial charge in [0.05, 0.1) is 5.69 Å². The van der Waals surface area contributed by atoms with Crippen molar-refractivity contribution in [1.82, 2.24) is 4.31 Å². The molecule has 0 atom stereocenters. The maximum absolute atomic E-state index is 12.4. The van der Waals surface area contributed by atoms with Crippen molar-refractivity contribution >= 4 is 27.3 Å². The summed E-state index contributed by atoms with van der Waals surface area (Å²) < 4.78 is 26.3. The number of halogens is 1. The maximum atomic E-state index is 12.4. The Labute approximate surface area is 106 Å². The molecular weight excluding hydrogens is 260 g/mol. The summed E-state index contributed by atoms with van der Waals surface area (Å²) in [6, 6.07) is 4.65. The monoisotopic (exact) mass is 274 g/mol. The van der Waals surface area contributed by atoms with Gasteiger partial charge >= 0.3 is 0 Å². The lowest BCUT2D eigenvalue weighted by Gasteiger charge is -2.20. The number of nitrogens with zero attached hydrogens (tertiary/aromatic N) is 1. The summed E-state index contributed by atoms with van der Waals surface area (Å²) in [5.74, 6) is 0. The van der Waals surface area contributed by atoms with Crippen molar-refractivity contribution in [2.75, 3.05) is 12.3 Å². The fourth-order valence-electron chi connectivity index (χ4n) is 1.84. The Morgan fingerprint density at radius 1 is 1.47 bits per heavy atom. The van der Waals surface area contributed by atoms with Crippen molar-refractivity contribution < 1.29 is 8.42 Å². The topological polar surface area (TPSA) is 63.4 Å². The van der Waals surface area contributed by atoms with Crippen LogP contribution in [-0.4, -0.2) is 25.3 Å². The zero-order valence-electron chi connectivity index (χ0n) is 9.56. The van der Waals surface area contributed by atoms with E-state index >= 15 is 0 Å². The molecule has 94 valence electrons. The summed E-state index contributed by atoms with van der Waals surface area (Å²) in [7, 11) is -3.52. The van der Waals surface area contributed by atoms with Gasteiger partial charge in [-0.2, -0.15) is 4.31 Å². The molecule has 1 fully saturated rings. The summed E-state index contributed by atoms with van der Waals surface area (Å²) >= 11 is 5.83. The van der Waals surface area contributed by atoms with Gasteiger partial charge in [-0.05, 0) is 31.0 Å². The first-order chi connectivity index (χ1) is 7.96. The van der Waals surface area contributed by atoms with Crippen LogP contribution in [0.5, 0.6) is 0 Å². The Hall–Kier alpha value is -0.780. The Bertz CT molecular complexity index is 526. The molecule has 2 rings (SSSR count). The highest BCUT2D eigenvalue weighted by Gasteiger charge is 2.37. The molecule has 1 aromatic rings. The smallest absolute Gasteiger partial charge is 0.245 e. The minimum Gasteiger partial charge on any atom is -0.398 e. The molecule has 0 amide bonds. The fourth-order valence-corrected chi connectivity index (χ4v) is 3.92. The number of nitrogens with two attached hydrogens (primary N) is 1. The summed E-state index contributed by atoms with van der Waals surface area (Å²) in [4.78, 5) is 0.110. The van der Waals surface area contributed by atoms with Crippen molar-refractivity contribution in [2.45, 2.75) is 30.7 Å². The Balaban J connectivity index is 2.46. The lowest BCUT2D eigenvalue weighted by molar-refractivity contribution is 0.421. The number of hydrogen-bond acceptors (Lipinski definition) is 3. The van der Waals surface area contributed by atoms with Gasteiger partial charge in [0.15, 0.2) is 0 Å². The van der Waals surface area contributed by atoms with E-state index < -0.39 is 10.0 Å². The molecule has 1 aliphatic carbocycles. The highest BCUT2D eigenvalue weighted by atomic mass is 35.5. The highest BCUT2D eigenvalue weighted by molar-refractivity contribution is 7.89. The van der Waals surface area contributed by atoms with Crippen LogP contribution in [0, 0.1) is 0 Å². The molecule has 17 heavy (non-hydrogen) atoms. The fraction of sp³-hybridized carbons (Fsp3) is 0.455. The molecule has 0 unspecified atom stereocenters. The molecule has 4 nitrogen and oxygen atoms in total.